The number of benzene rings is 15. The summed E-state index contributed by atoms with van der Waals surface area (Å²) in [5, 5.41) is 10.1. The van der Waals surface area contributed by atoms with Crippen LogP contribution in [0.4, 0.5) is 0 Å². The highest BCUT2D eigenvalue weighted by atomic mass is 15.0. The number of nitrogens with zero attached hydrogens (tertiary/aromatic N) is 4. The van der Waals surface area contributed by atoms with Gasteiger partial charge in [-0.1, -0.05) is 249 Å². The first-order valence-corrected chi connectivity index (χ1v) is 32.3. The van der Waals surface area contributed by atoms with Crippen LogP contribution in [0.15, 0.2) is 364 Å². The summed E-state index contributed by atoms with van der Waals surface area (Å²) in [6, 6.07) is 132. The van der Waals surface area contributed by atoms with E-state index >= 15 is 0 Å². The molecule has 4 heteroatoms. The second-order valence-corrected chi connectivity index (χ2v) is 24.4. The first-order valence-electron chi connectivity index (χ1n) is 32.3. The second kappa shape index (κ2) is 22.8. The van der Waals surface area contributed by atoms with E-state index in [4.69, 9.17) is 0 Å². The molecule has 19 rings (SSSR count). The van der Waals surface area contributed by atoms with E-state index in [1.165, 1.54) is 154 Å². The van der Waals surface area contributed by atoms with Gasteiger partial charge in [-0.15, -0.1) is 0 Å². The lowest BCUT2D eigenvalue weighted by atomic mass is 10.0. The molecule has 0 bridgehead atoms. The highest BCUT2D eigenvalue weighted by molar-refractivity contribution is 6.15. The van der Waals surface area contributed by atoms with Gasteiger partial charge in [0.1, 0.15) is 0 Å². The van der Waals surface area contributed by atoms with E-state index in [9.17, 15) is 0 Å². The Bertz CT molecular complexity index is 5850. The molecule has 0 aliphatic carbocycles. The van der Waals surface area contributed by atoms with Gasteiger partial charge in [0.2, 0.25) is 0 Å². The molecular weight excluding hydrogens is 1140 g/mol. The van der Waals surface area contributed by atoms with Crippen LogP contribution in [0.3, 0.4) is 0 Å². The molecule has 0 radical (unpaired) electrons. The van der Waals surface area contributed by atoms with Gasteiger partial charge in [-0.25, -0.2) is 0 Å². The van der Waals surface area contributed by atoms with Crippen molar-refractivity contribution in [3.05, 3.63) is 364 Å². The summed E-state index contributed by atoms with van der Waals surface area (Å²) in [5.41, 5.74) is 26.6. The molecule has 4 aromatic heterocycles. The van der Waals surface area contributed by atoms with E-state index in [0.29, 0.717) is 0 Å². The molecule has 19 aromatic rings. The maximum atomic E-state index is 2.42. The monoisotopic (exact) mass is 1200 g/mol. The molecule has 440 valence electrons. The minimum absolute atomic E-state index is 1.16. The molecule has 0 aliphatic rings. The number of hydrogen-bond acceptors (Lipinski definition) is 0. The third-order valence-electron chi connectivity index (χ3n) is 19.1. The zero-order chi connectivity index (χ0) is 62.1. The first kappa shape index (κ1) is 54.4. The van der Waals surface area contributed by atoms with Crippen LogP contribution in [0, 0.1) is 0 Å². The normalized spacial score (nSPS) is 11.6. The molecule has 4 heterocycles. The lowest BCUT2D eigenvalue weighted by Crippen LogP contribution is -1.97. The molecule has 0 spiro atoms. The fourth-order valence-electron chi connectivity index (χ4n) is 14.7. The third-order valence-corrected chi connectivity index (χ3v) is 19.1. The summed E-state index contributed by atoms with van der Waals surface area (Å²) in [4.78, 5) is 0. The molecule has 0 saturated heterocycles. The Morgan fingerprint density at radius 3 is 0.755 bits per heavy atom. The number of para-hydroxylation sites is 6. The van der Waals surface area contributed by atoms with Gasteiger partial charge in [0, 0.05) is 65.7 Å². The second-order valence-electron chi connectivity index (χ2n) is 24.4. The predicted octanol–water partition coefficient (Wildman–Crippen LogP) is 24.1. The SMILES string of the molecule is c1ccc(-c2ccc(-n3c4ccccc4c4cc(-c5ccc6c(c5)c5ccccc5n6-c5ccc(-c6ccccc6)cc5)ccc43)cc2)cc1.c1ccc(-c2ccccc2-n2c3ccccc3c3cc(-c4ccc5c(c4)c4ccccc4n5-c4ccccc4)ccc32)cc1. The Morgan fingerprint density at radius 1 is 0.138 bits per heavy atom. The van der Waals surface area contributed by atoms with E-state index in [-0.39, 0.29) is 0 Å². The highest BCUT2D eigenvalue weighted by Gasteiger charge is 2.20. The zero-order valence-corrected chi connectivity index (χ0v) is 51.4. The Kier molecular flexibility index (Phi) is 13.2. The van der Waals surface area contributed by atoms with Gasteiger partial charge in [-0.3, -0.25) is 0 Å². The maximum Gasteiger partial charge on any atom is 0.0541 e. The lowest BCUT2D eigenvalue weighted by Gasteiger charge is -2.14. The van der Waals surface area contributed by atoms with Gasteiger partial charge in [-0.2, -0.15) is 0 Å². The van der Waals surface area contributed by atoms with Crippen molar-refractivity contribution in [2.45, 2.75) is 0 Å². The summed E-state index contributed by atoms with van der Waals surface area (Å²) < 4.78 is 9.58. The van der Waals surface area contributed by atoms with Gasteiger partial charge in [0.15, 0.2) is 0 Å². The molecule has 94 heavy (non-hydrogen) atoms. The van der Waals surface area contributed by atoms with E-state index in [0.717, 1.165) is 11.4 Å². The van der Waals surface area contributed by atoms with Crippen molar-refractivity contribution in [1.82, 2.24) is 18.3 Å². The van der Waals surface area contributed by atoms with Crippen LogP contribution in [0.2, 0.25) is 0 Å². The van der Waals surface area contributed by atoms with Crippen molar-refractivity contribution in [2.75, 3.05) is 0 Å². The molecule has 0 atom stereocenters. The van der Waals surface area contributed by atoms with E-state index < -0.39 is 0 Å². The number of aromatic nitrogens is 4. The molecule has 0 N–H and O–H groups in total. The fraction of sp³-hybridized carbons (Fsp3) is 0. The smallest absolute Gasteiger partial charge is 0.0541 e. The quantitative estimate of drug-likeness (QED) is 0.137. The number of hydrogen-bond donors (Lipinski definition) is 0. The summed E-state index contributed by atoms with van der Waals surface area (Å²) in [7, 11) is 0. The van der Waals surface area contributed by atoms with Crippen molar-refractivity contribution >= 4 is 87.2 Å². The molecule has 0 aliphatic heterocycles. The van der Waals surface area contributed by atoms with Gasteiger partial charge in [0.05, 0.1) is 49.8 Å². The Morgan fingerprint density at radius 2 is 0.383 bits per heavy atom. The summed E-state index contributed by atoms with van der Waals surface area (Å²) >= 11 is 0. The minimum atomic E-state index is 1.16. The van der Waals surface area contributed by atoms with Crippen LogP contribution < -0.4 is 0 Å². The number of rotatable bonds is 9. The molecule has 0 saturated carbocycles. The van der Waals surface area contributed by atoms with Crippen molar-refractivity contribution < 1.29 is 0 Å². The largest absolute Gasteiger partial charge is 0.309 e. The Hall–Kier alpha value is -12.5. The average molecular weight is 1200 g/mol. The van der Waals surface area contributed by atoms with Gasteiger partial charge in [0.25, 0.3) is 0 Å². The van der Waals surface area contributed by atoms with Crippen LogP contribution >= 0.6 is 0 Å². The van der Waals surface area contributed by atoms with Crippen LogP contribution in [0.25, 0.3) is 166 Å². The maximum absolute atomic E-state index is 2.42. The summed E-state index contributed by atoms with van der Waals surface area (Å²) in [6.07, 6.45) is 0. The standard InChI is InChI=1S/C48H32N2.C42H28N2/c1-3-11-33(12-4-1)35-19-25-39(26-20-35)49-45-17-9-7-15-41(45)43-31-37(23-29-47(43)49)38-24-30-48-44(32-38)42-16-8-10-18-46(42)50(48)40-27-21-36(22-28-40)34-13-5-2-6-14-34;1-3-13-29(14-4-1)33-17-7-10-20-38(33)44-40-22-12-9-19-35(40)37-28-31(24-26-42(37)44)30-23-25-41-36(27-30)34-18-8-11-21-39(34)43(41)32-15-5-2-6-16-32/h1-32H;1-28H. The van der Waals surface area contributed by atoms with Crippen LogP contribution in [0.5, 0.6) is 0 Å². The third kappa shape index (κ3) is 9.22. The first-order chi connectivity index (χ1) is 46.6. The average Bonchev–Trinajstić information content (AvgIpc) is 1.60. The lowest BCUT2D eigenvalue weighted by molar-refractivity contribution is 1.18. The van der Waals surface area contributed by atoms with Crippen LogP contribution in [-0.2, 0) is 0 Å². The van der Waals surface area contributed by atoms with Crippen molar-refractivity contribution in [3.8, 4) is 78.4 Å². The molecule has 0 unspecified atom stereocenters. The summed E-state index contributed by atoms with van der Waals surface area (Å²) in [6.45, 7) is 0. The van der Waals surface area contributed by atoms with Crippen LogP contribution in [-0.4, -0.2) is 18.3 Å². The van der Waals surface area contributed by atoms with E-state index in [1.54, 1.807) is 0 Å². The number of fused-ring (bicyclic) bond motifs is 12. The minimum Gasteiger partial charge on any atom is -0.309 e. The molecular formula is C90H60N4. The van der Waals surface area contributed by atoms with E-state index in [2.05, 4.69) is 382 Å². The highest BCUT2D eigenvalue weighted by Crippen LogP contribution is 2.42. The Balaban J connectivity index is 0.000000139. The fourth-order valence-corrected chi connectivity index (χ4v) is 14.7. The van der Waals surface area contributed by atoms with Crippen LogP contribution in [0.1, 0.15) is 0 Å². The topological polar surface area (TPSA) is 19.7 Å². The van der Waals surface area contributed by atoms with Gasteiger partial charge < -0.3 is 18.3 Å². The molecule has 0 amide bonds. The predicted molar refractivity (Wildman–Crippen MR) is 397 cm³/mol. The molecule has 15 aromatic carbocycles. The van der Waals surface area contributed by atoms with E-state index in [1.807, 2.05) is 0 Å². The van der Waals surface area contributed by atoms with Gasteiger partial charge >= 0.3 is 0 Å². The van der Waals surface area contributed by atoms with Crippen molar-refractivity contribution in [2.24, 2.45) is 0 Å². The van der Waals surface area contributed by atoms with Gasteiger partial charge in [-0.05, 0) is 165 Å². The zero-order valence-electron chi connectivity index (χ0n) is 51.4. The van der Waals surface area contributed by atoms with Crippen molar-refractivity contribution in [1.29, 1.82) is 0 Å². The molecule has 4 nitrogen and oxygen atoms in total. The van der Waals surface area contributed by atoms with Crippen molar-refractivity contribution in [3.63, 3.8) is 0 Å². The molecule has 0 fully saturated rings. The Labute approximate surface area is 544 Å². The summed E-state index contributed by atoms with van der Waals surface area (Å²) in [5.74, 6) is 0.